The van der Waals surface area contributed by atoms with E-state index in [4.69, 9.17) is 4.98 Å². The van der Waals surface area contributed by atoms with Crippen LogP contribution in [-0.2, 0) is 12.0 Å². The Morgan fingerprint density at radius 1 is 1.40 bits per heavy atom. The zero-order valence-electron chi connectivity index (χ0n) is 12.0. The lowest BCUT2D eigenvalue weighted by molar-refractivity contribution is 0.0697. The van der Waals surface area contributed by atoms with Gasteiger partial charge in [-0.2, -0.15) is 0 Å². The number of aryl methyl sites for hydroxylation is 1. The fourth-order valence-electron chi connectivity index (χ4n) is 3.34. The van der Waals surface area contributed by atoms with Crippen molar-refractivity contribution in [3.63, 3.8) is 0 Å². The maximum absolute atomic E-state index is 11.2. The molecule has 1 N–H and O–H groups in total. The monoisotopic (exact) mass is 272 g/mol. The minimum Gasteiger partial charge on any atom is -0.478 e. The van der Waals surface area contributed by atoms with E-state index < -0.39 is 5.97 Å². The third-order valence-electron chi connectivity index (χ3n) is 4.70. The third-order valence-corrected chi connectivity index (χ3v) is 4.70. The van der Waals surface area contributed by atoms with Gasteiger partial charge in [0.2, 0.25) is 0 Å². The van der Waals surface area contributed by atoms with Gasteiger partial charge in [0.25, 0.3) is 0 Å². The van der Waals surface area contributed by atoms with E-state index in [9.17, 15) is 9.90 Å². The highest BCUT2D eigenvalue weighted by Gasteiger charge is 2.39. The number of aromatic nitrogens is 2. The lowest BCUT2D eigenvalue weighted by Gasteiger charge is -2.44. The van der Waals surface area contributed by atoms with Crippen molar-refractivity contribution < 1.29 is 9.90 Å². The van der Waals surface area contributed by atoms with Gasteiger partial charge >= 0.3 is 5.97 Å². The molecule has 0 radical (unpaired) electrons. The molecule has 0 atom stereocenters. The largest absolute Gasteiger partial charge is 0.478 e. The van der Waals surface area contributed by atoms with Gasteiger partial charge < -0.3 is 9.67 Å². The lowest BCUT2D eigenvalue weighted by atomic mass is 9.74. The second-order valence-electron chi connectivity index (χ2n) is 5.66. The highest BCUT2D eigenvalue weighted by molar-refractivity contribution is 5.92. The van der Waals surface area contributed by atoms with E-state index in [0.29, 0.717) is 5.56 Å². The minimum atomic E-state index is -0.878. The molecule has 1 aliphatic carbocycles. The van der Waals surface area contributed by atoms with Gasteiger partial charge in [0.05, 0.1) is 16.6 Å². The maximum atomic E-state index is 11.2. The van der Waals surface area contributed by atoms with Crippen molar-refractivity contribution in [1.29, 1.82) is 0 Å². The predicted molar refractivity (Wildman–Crippen MR) is 78.2 cm³/mol. The number of hydrogen-bond donors (Lipinski definition) is 1. The highest BCUT2D eigenvalue weighted by atomic mass is 16.4. The van der Waals surface area contributed by atoms with E-state index in [1.165, 1.54) is 19.3 Å². The van der Waals surface area contributed by atoms with Crippen molar-refractivity contribution in [2.75, 3.05) is 0 Å². The summed E-state index contributed by atoms with van der Waals surface area (Å²) in [5.74, 6) is 0.195. The fraction of sp³-hybridized carbons (Fsp3) is 0.500. The minimum absolute atomic E-state index is 0.150. The molecule has 1 fully saturated rings. The van der Waals surface area contributed by atoms with Crippen molar-refractivity contribution in [2.24, 2.45) is 0 Å². The molecule has 20 heavy (non-hydrogen) atoms. The van der Waals surface area contributed by atoms with Crippen LogP contribution in [0.5, 0.6) is 0 Å². The quantitative estimate of drug-likeness (QED) is 0.925. The lowest BCUT2D eigenvalue weighted by Crippen LogP contribution is -2.40. The van der Waals surface area contributed by atoms with Crippen molar-refractivity contribution >= 4 is 17.0 Å². The van der Waals surface area contributed by atoms with Gasteiger partial charge in [-0.1, -0.05) is 13.8 Å². The van der Waals surface area contributed by atoms with E-state index in [-0.39, 0.29) is 5.54 Å². The number of fused-ring (bicyclic) bond motifs is 1. The molecule has 1 aromatic heterocycles. The van der Waals surface area contributed by atoms with Gasteiger partial charge in [0, 0.05) is 12.0 Å². The third kappa shape index (κ3) is 1.74. The molecule has 4 nitrogen and oxygen atoms in total. The summed E-state index contributed by atoms with van der Waals surface area (Å²) < 4.78 is 2.32. The Bertz CT molecular complexity index is 663. The molecule has 1 aromatic carbocycles. The molecule has 0 unspecified atom stereocenters. The molecular weight excluding hydrogens is 252 g/mol. The molecule has 1 aliphatic rings. The summed E-state index contributed by atoms with van der Waals surface area (Å²) in [5.41, 5.74) is 2.37. The van der Waals surface area contributed by atoms with E-state index in [1.54, 1.807) is 12.1 Å². The average Bonchev–Trinajstić information content (AvgIpc) is 2.76. The van der Waals surface area contributed by atoms with Gasteiger partial charge in [-0.15, -0.1) is 0 Å². The van der Waals surface area contributed by atoms with Crippen LogP contribution in [0, 0.1) is 0 Å². The Hall–Kier alpha value is -1.84. The normalized spacial score (nSPS) is 17.1. The van der Waals surface area contributed by atoms with Gasteiger partial charge in [0.15, 0.2) is 0 Å². The van der Waals surface area contributed by atoms with Crippen molar-refractivity contribution in [2.45, 2.75) is 51.5 Å². The molecule has 0 bridgehead atoms. The Kier molecular flexibility index (Phi) is 3.04. The Morgan fingerprint density at radius 3 is 2.65 bits per heavy atom. The summed E-state index contributed by atoms with van der Waals surface area (Å²) in [7, 11) is 0. The number of carboxylic acid groups (broad SMARTS) is 1. The van der Waals surface area contributed by atoms with Gasteiger partial charge in [-0.3, -0.25) is 0 Å². The first-order valence-electron chi connectivity index (χ1n) is 7.36. The number of imidazole rings is 1. The standard InChI is InChI=1S/C16H20N2O2/c1-3-14-17-12-7-6-11(15(19)20)10-13(12)18(14)16(4-2)8-5-9-16/h6-7,10H,3-5,8-9H2,1-2H3,(H,19,20). The molecule has 1 heterocycles. The van der Waals surface area contributed by atoms with Crippen LogP contribution < -0.4 is 0 Å². The Balaban J connectivity index is 2.26. The summed E-state index contributed by atoms with van der Waals surface area (Å²) in [4.78, 5) is 15.9. The number of hydrogen-bond acceptors (Lipinski definition) is 2. The number of aromatic carboxylic acids is 1. The van der Waals surface area contributed by atoms with Crippen LogP contribution in [0.4, 0.5) is 0 Å². The van der Waals surface area contributed by atoms with E-state index in [1.807, 2.05) is 6.07 Å². The molecular formula is C16H20N2O2. The fourth-order valence-corrected chi connectivity index (χ4v) is 3.34. The molecule has 0 aliphatic heterocycles. The van der Waals surface area contributed by atoms with Crippen LogP contribution in [0.25, 0.3) is 11.0 Å². The maximum Gasteiger partial charge on any atom is 0.335 e. The summed E-state index contributed by atoms with van der Waals surface area (Å²) in [6.07, 6.45) is 5.52. The van der Waals surface area contributed by atoms with Crippen molar-refractivity contribution in [1.82, 2.24) is 9.55 Å². The zero-order chi connectivity index (χ0) is 14.3. The van der Waals surface area contributed by atoms with Crippen LogP contribution in [-0.4, -0.2) is 20.6 Å². The summed E-state index contributed by atoms with van der Waals surface area (Å²) in [6.45, 7) is 4.32. The molecule has 0 saturated heterocycles. The van der Waals surface area contributed by atoms with Crippen LogP contribution in [0.15, 0.2) is 18.2 Å². The van der Waals surface area contributed by atoms with Crippen molar-refractivity contribution in [3.05, 3.63) is 29.6 Å². The number of benzene rings is 1. The zero-order valence-corrected chi connectivity index (χ0v) is 12.0. The average molecular weight is 272 g/mol. The molecule has 0 amide bonds. The second kappa shape index (κ2) is 4.62. The summed E-state index contributed by atoms with van der Waals surface area (Å²) in [6, 6.07) is 5.25. The topological polar surface area (TPSA) is 55.1 Å². The first-order chi connectivity index (χ1) is 9.61. The summed E-state index contributed by atoms with van der Waals surface area (Å²) in [5, 5.41) is 9.20. The molecule has 3 rings (SSSR count). The molecule has 106 valence electrons. The number of rotatable bonds is 4. The van der Waals surface area contributed by atoms with Crippen LogP contribution >= 0.6 is 0 Å². The van der Waals surface area contributed by atoms with E-state index in [2.05, 4.69) is 18.4 Å². The Labute approximate surface area is 118 Å². The highest BCUT2D eigenvalue weighted by Crippen LogP contribution is 2.44. The first kappa shape index (κ1) is 13.2. The van der Waals surface area contributed by atoms with Crippen LogP contribution in [0.1, 0.15) is 55.7 Å². The van der Waals surface area contributed by atoms with Gasteiger partial charge in [-0.05, 0) is 43.9 Å². The number of carbonyl (C=O) groups is 1. The SMILES string of the molecule is CCc1nc2ccc(C(=O)O)cc2n1C1(CC)CCC1. The van der Waals surface area contributed by atoms with Crippen LogP contribution in [0.2, 0.25) is 0 Å². The molecule has 0 spiro atoms. The second-order valence-corrected chi connectivity index (χ2v) is 5.66. The molecule has 1 saturated carbocycles. The van der Waals surface area contributed by atoms with E-state index in [0.717, 1.165) is 29.7 Å². The Morgan fingerprint density at radius 2 is 2.15 bits per heavy atom. The number of carboxylic acids is 1. The number of nitrogens with zero attached hydrogens (tertiary/aromatic N) is 2. The van der Waals surface area contributed by atoms with Crippen LogP contribution in [0.3, 0.4) is 0 Å². The predicted octanol–water partition coefficient (Wildman–Crippen LogP) is 3.59. The van der Waals surface area contributed by atoms with Gasteiger partial charge in [-0.25, -0.2) is 9.78 Å². The van der Waals surface area contributed by atoms with E-state index >= 15 is 0 Å². The summed E-state index contributed by atoms with van der Waals surface area (Å²) >= 11 is 0. The van der Waals surface area contributed by atoms with Crippen molar-refractivity contribution in [3.8, 4) is 0 Å². The smallest absolute Gasteiger partial charge is 0.335 e. The molecule has 4 heteroatoms. The molecule has 2 aromatic rings. The first-order valence-corrected chi connectivity index (χ1v) is 7.36. The van der Waals surface area contributed by atoms with Gasteiger partial charge in [0.1, 0.15) is 5.82 Å².